The molecule has 39 heavy (non-hydrogen) atoms. The molecule has 2 aliphatic rings. The first-order valence-electron chi connectivity index (χ1n) is 13.1. The number of anilines is 4. The summed E-state index contributed by atoms with van der Waals surface area (Å²) in [6.45, 7) is 8.65. The molecule has 0 unspecified atom stereocenters. The van der Waals surface area contributed by atoms with Gasteiger partial charge in [-0.05, 0) is 43.2 Å². The number of pyridine rings is 2. The Hall–Kier alpha value is -3.19. The fraction of sp³-hybridized carbons (Fsp3) is 0.577. The number of alkyl halides is 1. The molecule has 3 aromatic heterocycles. The number of aliphatic hydroxyl groups is 1. The summed E-state index contributed by atoms with van der Waals surface area (Å²) in [6.07, 6.45) is 5.55. The highest BCUT2D eigenvalue weighted by atomic mass is 32.2. The van der Waals surface area contributed by atoms with Crippen molar-refractivity contribution < 1.29 is 17.9 Å². The highest BCUT2D eigenvalue weighted by molar-refractivity contribution is 7.90. The monoisotopic (exact) mass is 558 g/mol. The van der Waals surface area contributed by atoms with E-state index in [2.05, 4.69) is 44.0 Å². The lowest BCUT2D eigenvalue weighted by molar-refractivity contribution is -0.00860. The second-order valence-electron chi connectivity index (χ2n) is 11.3. The summed E-state index contributed by atoms with van der Waals surface area (Å²) in [7, 11) is -3.05. The zero-order valence-electron chi connectivity index (χ0n) is 22.8. The zero-order valence-corrected chi connectivity index (χ0v) is 23.7. The second-order valence-corrected chi connectivity index (χ2v) is 13.5. The number of nitrogens with one attached hydrogen (secondary N) is 1. The lowest BCUT2D eigenvalue weighted by atomic mass is 9.90. The quantitative estimate of drug-likeness (QED) is 0.443. The Balaban J connectivity index is 1.41. The van der Waals surface area contributed by atoms with E-state index in [1.165, 1.54) is 19.5 Å². The van der Waals surface area contributed by atoms with Gasteiger partial charge in [-0.2, -0.15) is 4.98 Å². The Kier molecular flexibility index (Phi) is 7.08. The largest absolute Gasteiger partial charge is 0.390 e. The molecule has 0 bridgehead atoms. The van der Waals surface area contributed by atoms with Gasteiger partial charge in [0.15, 0.2) is 5.67 Å². The van der Waals surface area contributed by atoms with Crippen LogP contribution in [0.15, 0.2) is 24.8 Å². The summed E-state index contributed by atoms with van der Waals surface area (Å²) >= 11 is 0. The third-order valence-corrected chi connectivity index (χ3v) is 8.78. The van der Waals surface area contributed by atoms with Gasteiger partial charge in [0, 0.05) is 49.1 Å². The Bertz CT molecular complexity index is 1490. The van der Waals surface area contributed by atoms with E-state index in [9.17, 15) is 17.9 Å². The van der Waals surface area contributed by atoms with Crippen LogP contribution in [0.2, 0.25) is 0 Å². The summed E-state index contributed by atoms with van der Waals surface area (Å²) < 4.78 is 38.3. The van der Waals surface area contributed by atoms with Crippen molar-refractivity contribution in [3.8, 4) is 0 Å². The summed E-state index contributed by atoms with van der Waals surface area (Å²) in [5.74, 6) is 2.36. The maximum Gasteiger partial charge on any atom is 0.233 e. The molecule has 2 aliphatic heterocycles. The Morgan fingerprint density at radius 2 is 1.97 bits per heavy atom. The van der Waals surface area contributed by atoms with Crippen molar-refractivity contribution >= 4 is 44.1 Å². The van der Waals surface area contributed by atoms with Crippen LogP contribution in [0.4, 0.5) is 27.9 Å². The van der Waals surface area contributed by atoms with Crippen molar-refractivity contribution in [3.63, 3.8) is 0 Å². The van der Waals surface area contributed by atoms with E-state index in [4.69, 9.17) is 4.98 Å². The van der Waals surface area contributed by atoms with Gasteiger partial charge in [0.05, 0.1) is 18.4 Å². The third-order valence-electron chi connectivity index (χ3n) is 7.75. The number of sulfone groups is 1. The topological polar surface area (TPSA) is 137 Å². The lowest BCUT2D eigenvalue weighted by Gasteiger charge is -2.47. The number of hydrogen-bond donors (Lipinski definition) is 2. The van der Waals surface area contributed by atoms with Crippen molar-refractivity contribution in [3.05, 3.63) is 30.4 Å². The molecular formula is C26H35FN8O3S. The first kappa shape index (κ1) is 27.4. The molecule has 3 aromatic rings. The van der Waals surface area contributed by atoms with Crippen molar-refractivity contribution in [1.29, 1.82) is 0 Å². The molecule has 11 nitrogen and oxygen atoms in total. The van der Waals surface area contributed by atoms with Crippen LogP contribution in [0.1, 0.15) is 45.6 Å². The van der Waals surface area contributed by atoms with Gasteiger partial charge in [0.25, 0.3) is 0 Å². The first-order chi connectivity index (χ1) is 18.3. The van der Waals surface area contributed by atoms with E-state index in [0.717, 1.165) is 22.2 Å². The summed E-state index contributed by atoms with van der Waals surface area (Å²) in [4.78, 5) is 26.1. The zero-order chi connectivity index (χ0) is 28.1. The molecule has 0 amide bonds. The van der Waals surface area contributed by atoms with Gasteiger partial charge in [0.1, 0.15) is 27.8 Å². The number of aromatic nitrogens is 5. The lowest BCUT2D eigenvalue weighted by Crippen LogP contribution is -2.57. The van der Waals surface area contributed by atoms with Crippen molar-refractivity contribution in [2.75, 3.05) is 46.8 Å². The molecule has 13 heteroatoms. The number of fused-ring (bicyclic) bond motifs is 1. The van der Waals surface area contributed by atoms with Gasteiger partial charge in [-0.25, -0.2) is 32.7 Å². The van der Waals surface area contributed by atoms with Crippen LogP contribution in [-0.4, -0.2) is 87.9 Å². The fourth-order valence-electron chi connectivity index (χ4n) is 5.37. The van der Waals surface area contributed by atoms with Crippen molar-refractivity contribution in [2.45, 2.75) is 57.8 Å². The van der Waals surface area contributed by atoms with Gasteiger partial charge in [-0.1, -0.05) is 13.8 Å². The minimum Gasteiger partial charge on any atom is -0.390 e. The minimum absolute atomic E-state index is 0.0145. The van der Waals surface area contributed by atoms with Gasteiger partial charge < -0.3 is 20.2 Å². The molecule has 4 atom stereocenters. The Morgan fingerprint density at radius 3 is 2.64 bits per heavy atom. The van der Waals surface area contributed by atoms with Crippen molar-refractivity contribution in [1.82, 2.24) is 24.9 Å². The molecule has 2 N–H and O–H groups in total. The average molecular weight is 559 g/mol. The molecule has 5 heterocycles. The number of aliphatic hydroxyl groups excluding tert-OH is 1. The van der Waals surface area contributed by atoms with Gasteiger partial charge in [-0.15, -0.1) is 0 Å². The maximum atomic E-state index is 14.7. The van der Waals surface area contributed by atoms with Crippen LogP contribution in [0.3, 0.4) is 0 Å². The number of hydrogen-bond acceptors (Lipinski definition) is 11. The fourth-order valence-corrected chi connectivity index (χ4v) is 6.53. The van der Waals surface area contributed by atoms with Crippen LogP contribution in [0, 0.1) is 5.92 Å². The van der Waals surface area contributed by atoms with Gasteiger partial charge in [-0.3, -0.25) is 0 Å². The van der Waals surface area contributed by atoms with E-state index in [1.54, 1.807) is 11.1 Å². The second kappa shape index (κ2) is 10.1. The van der Waals surface area contributed by atoms with E-state index >= 15 is 0 Å². The Morgan fingerprint density at radius 1 is 1.21 bits per heavy atom. The predicted octanol–water partition coefficient (Wildman–Crippen LogP) is 2.85. The van der Waals surface area contributed by atoms with Crippen LogP contribution in [0.5, 0.6) is 0 Å². The smallest absolute Gasteiger partial charge is 0.233 e. The summed E-state index contributed by atoms with van der Waals surface area (Å²) in [5, 5.41) is 15.0. The number of nitrogens with zero attached hydrogens (tertiary/aromatic N) is 7. The summed E-state index contributed by atoms with van der Waals surface area (Å²) in [6, 6.07) is 1.98. The maximum absolute atomic E-state index is 14.7. The number of rotatable bonds is 7. The molecule has 2 fully saturated rings. The van der Waals surface area contributed by atoms with Crippen LogP contribution in [0.25, 0.3) is 10.8 Å². The average Bonchev–Trinajstić information content (AvgIpc) is 2.86. The molecular weight excluding hydrogens is 523 g/mol. The van der Waals surface area contributed by atoms with E-state index < -0.39 is 21.6 Å². The van der Waals surface area contributed by atoms with Crippen LogP contribution in [-0.2, 0) is 9.84 Å². The molecule has 210 valence electrons. The normalized spacial score (nSPS) is 25.7. The number of piperidine rings is 1. The van der Waals surface area contributed by atoms with E-state index in [1.807, 2.05) is 19.2 Å². The third kappa shape index (κ3) is 5.60. The highest BCUT2D eigenvalue weighted by Crippen LogP contribution is 2.38. The first-order valence-corrected chi connectivity index (χ1v) is 15.2. The van der Waals surface area contributed by atoms with E-state index in [-0.39, 0.29) is 42.5 Å². The number of halogens is 1. The minimum atomic E-state index is -3.05. The van der Waals surface area contributed by atoms with Crippen LogP contribution < -0.4 is 15.1 Å². The van der Waals surface area contributed by atoms with Crippen LogP contribution >= 0.6 is 0 Å². The van der Waals surface area contributed by atoms with Gasteiger partial charge >= 0.3 is 0 Å². The predicted molar refractivity (Wildman–Crippen MR) is 149 cm³/mol. The van der Waals surface area contributed by atoms with Crippen molar-refractivity contribution in [2.24, 2.45) is 5.92 Å². The molecule has 0 saturated carbocycles. The standard InChI is InChI=1S/C26H35FN8O3S/c1-15(2)19-9-29-23(35-11-17(16(35)3)12-39(5,37)38)20-10-28-22(8-18(19)20)32-24-30-14-31-25(33-24)34-7-6-21(36)26(4,27)13-34/h8-10,14-17,21,36H,6-7,11-13H2,1-5H3,(H,28,30,31,32,33)/t16-,17-,21-,26+/m1/s1. The molecule has 0 aromatic carbocycles. The molecule has 0 spiro atoms. The molecule has 0 aliphatic carbocycles. The van der Waals surface area contributed by atoms with E-state index in [0.29, 0.717) is 24.9 Å². The molecule has 0 radical (unpaired) electrons. The molecule has 5 rings (SSSR count). The van der Waals surface area contributed by atoms with Gasteiger partial charge in [0.2, 0.25) is 11.9 Å². The molecule has 2 saturated heterocycles. The SMILES string of the molecule is CC(C)c1cnc(N2C[C@H](CS(C)(=O)=O)[C@H]2C)c2cnc(Nc3ncnc(N4CC[C@@H](O)[C@@](C)(F)C4)n3)cc12. The Labute approximate surface area is 227 Å². The summed E-state index contributed by atoms with van der Waals surface area (Å²) in [5.41, 5.74) is -0.693. The highest BCUT2D eigenvalue weighted by Gasteiger charge is 2.40.